The average Bonchev–Trinajstić information content (AvgIpc) is 3.02. The SMILES string of the molecule is COc1cccc(-c2nn3c(c2-c2ccncc2)CNCC3)c1. The molecule has 23 heavy (non-hydrogen) atoms. The van der Waals surface area contributed by atoms with Gasteiger partial charge in [0.15, 0.2) is 0 Å². The Morgan fingerprint density at radius 2 is 2.00 bits per heavy atom. The van der Waals surface area contributed by atoms with Crippen molar-refractivity contribution in [3.63, 3.8) is 0 Å². The van der Waals surface area contributed by atoms with Gasteiger partial charge in [-0.1, -0.05) is 12.1 Å². The summed E-state index contributed by atoms with van der Waals surface area (Å²) in [6, 6.07) is 12.1. The van der Waals surface area contributed by atoms with Gasteiger partial charge in [-0.05, 0) is 29.8 Å². The van der Waals surface area contributed by atoms with E-state index in [1.807, 2.05) is 42.7 Å². The Morgan fingerprint density at radius 3 is 2.83 bits per heavy atom. The smallest absolute Gasteiger partial charge is 0.119 e. The fourth-order valence-corrected chi connectivity index (χ4v) is 3.05. The third-order valence-corrected chi connectivity index (χ3v) is 4.16. The molecule has 0 saturated carbocycles. The number of rotatable bonds is 3. The molecule has 0 fully saturated rings. The van der Waals surface area contributed by atoms with Gasteiger partial charge in [-0.25, -0.2) is 0 Å². The lowest BCUT2D eigenvalue weighted by Crippen LogP contribution is -2.28. The highest BCUT2D eigenvalue weighted by Gasteiger charge is 2.22. The molecular weight excluding hydrogens is 288 g/mol. The average molecular weight is 306 g/mol. The Hall–Kier alpha value is -2.66. The van der Waals surface area contributed by atoms with E-state index in [-0.39, 0.29) is 0 Å². The summed E-state index contributed by atoms with van der Waals surface area (Å²) in [5, 5.41) is 8.31. The zero-order valence-corrected chi connectivity index (χ0v) is 13.0. The lowest BCUT2D eigenvalue weighted by molar-refractivity contribution is 0.415. The number of benzene rings is 1. The Balaban J connectivity index is 1.94. The molecule has 1 aromatic carbocycles. The molecule has 1 aliphatic heterocycles. The maximum Gasteiger partial charge on any atom is 0.119 e. The second-order valence-electron chi connectivity index (χ2n) is 5.54. The van der Waals surface area contributed by atoms with Crippen LogP contribution in [0.3, 0.4) is 0 Å². The number of hydrogen-bond donors (Lipinski definition) is 1. The highest BCUT2D eigenvalue weighted by molar-refractivity contribution is 5.83. The van der Waals surface area contributed by atoms with Crippen molar-refractivity contribution in [2.45, 2.75) is 13.1 Å². The molecule has 1 aliphatic rings. The van der Waals surface area contributed by atoms with E-state index in [9.17, 15) is 0 Å². The van der Waals surface area contributed by atoms with Crippen molar-refractivity contribution in [3.05, 3.63) is 54.5 Å². The normalized spacial score (nSPS) is 13.6. The van der Waals surface area contributed by atoms with Crippen molar-refractivity contribution < 1.29 is 4.74 Å². The minimum atomic E-state index is 0.828. The molecule has 2 aromatic heterocycles. The summed E-state index contributed by atoms with van der Waals surface area (Å²) in [5.41, 5.74) is 5.60. The molecule has 4 rings (SSSR count). The van der Waals surface area contributed by atoms with Gasteiger partial charge in [-0.2, -0.15) is 5.10 Å². The van der Waals surface area contributed by atoms with Crippen molar-refractivity contribution in [1.29, 1.82) is 0 Å². The molecular formula is C18H18N4O. The Kier molecular flexibility index (Phi) is 3.55. The van der Waals surface area contributed by atoms with Crippen LogP contribution in [0.4, 0.5) is 0 Å². The number of ether oxygens (including phenoxy) is 1. The predicted octanol–water partition coefficient (Wildman–Crippen LogP) is 2.72. The molecule has 0 unspecified atom stereocenters. The van der Waals surface area contributed by atoms with Crippen LogP contribution in [0.2, 0.25) is 0 Å². The van der Waals surface area contributed by atoms with E-state index in [1.165, 1.54) is 11.3 Å². The van der Waals surface area contributed by atoms with E-state index in [0.717, 1.165) is 42.2 Å². The van der Waals surface area contributed by atoms with Crippen LogP contribution in [-0.4, -0.2) is 28.4 Å². The first-order valence-corrected chi connectivity index (χ1v) is 7.72. The minimum absolute atomic E-state index is 0.828. The van der Waals surface area contributed by atoms with E-state index in [4.69, 9.17) is 9.84 Å². The molecule has 5 nitrogen and oxygen atoms in total. The zero-order valence-electron chi connectivity index (χ0n) is 13.0. The van der Waals surface area contributed by atoms with Crippen molar-refractivity contribution >= 4 is 0 Å². The van der Waals surface area contributed by atoms with Crippen molar-refractivity contribution in [3.8, 4) is 28.1 Å². The largest absolute Gasteiger partial charge is 0.497 e. The molecule has 0 amide bonds. The summed E-state index contributed by atoms with van der Waals surface area (Å²) in [4.78, 5) is 4.13. The maximum atomic E-state index is 5.37. The number of nitrogens with zero attached hydrogens (tertiary/aromatic N) is 3. The van der Waals surface area contributed by atoms with Gasteiger partial charge in [0.25, 0.3) is 0 Å². The molecule has 0 radical (unpaired) electrons. The van der Waals surface area contributed by atoms with Gasteiger partial charge < -0.3 is 10.1 Å². The highest BCUT2D eigenvalue weighted by atomic mass is 16.5. The van der Waals surface area contributed by atoms with Crippen molar-refractivity contribution in [1.82, 2.24) is 20.1 Å². The van der Waals surface area contributed by atoms with Crippen LogP contribution < -0.4 is 10.1 Å². The van der Waals surface area contributed by atoms with E-state index >= 15 is 0 Å². The number of pyridine rings is 1. The first kappa shape index (κ1) is 14.0. The number of fused-ring (bicyclic) bond motifs is 1. The molecule has 0 aliphatic carbocycles. The predicted molar refractivity (Wildman–Crippen MR) is 89.2 cm³/mol. The summed E-state index contributed by atoms with van der Waals surface area (Å²) < 4.78 is 7.48. The zero-order chi connectivity index (χ0) is 15.6. The quantitative estimate of drug-likeness (QED) is 0.808. The molecule has 3 heterocycles. The maximum absolute atomic E-state index is 5.37. The molecule has 0 spiro atoms. The Bertz CT molecular complexity index is 826. The van der Waals surface area contributed by atoms with E-state index < -0.39 is 0 Å². The van der Waals surface area contributed by atoms with Crippen LogP contribution in [-0.2, 0) is 13.1 Å². The lowest BCUT2D eigenvalue weighted by atomic mass is 9.99. The fraction of sp³-hybridized carbons (Fsp3) is 0.222. The van der Waals surface area contributed by atoms with Crippen LogP contribution in [0.1, 0.15) is 5.69 Å². The monoisotopic (exact) mass is 306 g/mol. The number of methoxy groups -OCH3 is 1. The number of nitrogens with one attached hydrogen (secondary N) is 1. The van der Waals surface area contributed by atoms with Crippen LogP contribution >= 0.6 is 0 Å². The van der Waals surface area contributed by atoms with E-state index in [1.54, 1.807) is 7.11 Å². The number of hydrogen-bond acceptors (Lipinski definition) is 4. The third kappa shape index (κ3) is 2.49. The second kappa shape index (κ2) is 5.85. The highest BCUT2D eigenvalue weighted by Crippen LogP contribution is 2.36. The number of aromatic nitrogens is 3. The lowest BCUT2D eigenvalue weighted by Gasteiger charge is -2.16. The second-order valence-corrected chi connectivity index (χ2v) is 5.54. The van der Waals surface area contributed by atoms with Crippen LogP contribution in [0.5, 0.6) is 5.75 Å². The summed E-state index contributed by atoms with van der Waals surface area (Å²) in [6.45, 7) is 2.66. The van der Waals surface area contributed by atoms with Gasteiger partial charge in [-0.15, -0.1) is 0 Å². The standard InChI is InChI=1S/C18H18N4O/c1-23-15-4-2-3-14(11-15)18-17(13-5-7-19-8-6-13)16-12-20-9-10-22(16)21-18/h2-8,11,20H,9-10,12H2,1H3. The summed E-state index contributed by atoms with van der Waals surface area (Å²) in [6.07, 6.45) is 3.65. The summed E-state index contributed by atoms with van der Waals surface area (Å²) >= 11 is 0. The van der Waals surface area contributed by atoms with Crippen LogP contribution in [0, 0.1) is 0 Å². The summed E-state index contributed by atoms with van der Waals surface area (Å²) in [7, 11) is 1.69. The van der Waals surface area contributed by atoms with Gasteiger partial charge in [0, 0.05) is 36.6 Å². The molecule has 116 valence electrons. The van der Waals surface area contributed by atoms with Gasteiger partial charge in [0.05, 0.1) is 19.3 Å². The minimum Gasteiger partial charge on any atom is -0.497 e. The third-order valence-electron chi connectivity index (χ3n) is 4.16. The van der Waals surface area contributed by atoms with Gasteiger partial charge in [0.1, 0.15) is 11.4 Å². The summed E-state index contributed by atoms with van der Waals surface area (Å²) in [5.74, 6) is 0.840. The first-order valence-electron chi connectivity index (χ1n) is 7.72. The molecule has 0 atom stereocenters. The molecule has 5 heteroatoms. The fourth-order valence-electron chi connectivity index (χ4n) is 3.05. The Labute approximate surface area is 134 Å². The van der Waals surface area contributed by atoms with Gasteiger partial charge in [0.2, 0.25) is 0 Å². The topological polar surface area (TPSA) is 52.0 Å². The van der Waals surface area contributed by atoms with E-state index in [2.05, 4.69) is 21.0 Å². The van der Waals surface area contributed by atoms with Gasteiger partial charge >= 0.3 is 0 Å². The van der Waals surface area contributed by atoms with Crippen LogP contribution in [0.25, 0.3) is 22.4 Å². The van der Waals surface area contributed by atoms with Crippen LogP contribution in [0.15, 0.2) is 48.8 Å². The molecule has 3 aromatic rings. The first-order chi connectivity index (χ1) is 11.4. The van der Waals surface area contributed by atoms with Crippen molar-refractivity contribution in [2.24, 2.45) is 0 Å². The van der Waals surface area contributed by atoms with Gasteiger partial charge in [-0.3, -0.25) is 9.67 Å². The molecule has 1 N–H and O–H groups in total. The Morgan fingerprint density at radius 1 is 1.13 bits per heavy atom. The van der Waals surface area contributed by atoms with E-state index in [0.29, 0.717) is 0 Å². The molecule has 0 saturated heterocycles. The van der Waals surface area contributed by atoms with Crippen molar-refractivity contribution in [2.75, 3.05) is 13.7 Å². The molecule has 0 bridgehead atoms.